The first-order valence-corrected chi connectivity index (χ1v) is 11.8. The third-order valence-electron chi connectivity index (χ3n) is 5.83. The number of aromatic nitrogens is 2. The molecule has 0 amide bonds. The van der Waals surface area contributed by atoms with Crippen LogP contribution in [0.1, 0.15) is 37.3 Å². The summed E-state index contributed by atoms with van der Waals surface area (Å²) in [6.45, 7) is -0.339. The Bertz CT molecular complexity index is 1310. The number of unbranched alkanes of at least 4 members (excludes halogenated alkanes) is 2. The van der Waals surface area contributed by atoms with Crippen molar-refractivity contribution in [3.05, 3.63) is 83.7 Å². The maximum absolute atomic E-state index is 15.2. The van der Waals surface area contributed by atoms with Crippen molar-refractivity contribution in [2.75, 3.05) is 6.61 Å². The predicted octanol–water partition coefficient (Wildman–Crippen LogP) is 7.53. The molecule has 4 nitrogen and oxygen atoms in total. The van der Waals surface area contributed by atoms with Crippen molar-refractivity contribution in [3.63, 3.8) is 0 Å². The molecule has 0 radical (unpaired) electrons. The Labute approximate surface area is 206 Å². The van der Waals surface area contributed by atoms with Crippen LogP contribution in [0.4, 0.5) is 17.6 Å². The van der Waals surface area contributed by atoms with Crippen LogP contribution >= 0.6 is 0 Å². The van der Waals surface area contributed by atoms with Gasteiger partial charge in [0.15, 0.2) is 23.1 Å². The van der Waals surface area contributed by atoms with Gasteiger partial charge in [0, 0.05) is 10.9 Å². The fourth-order valence-electron chi connectivity index (χ4n) is 3.92. The summed E-state index contributed by atoms with van der Waals surface area (Å²) in [7, 11) is 0. The molecule has 0 aliphatic heterocycles. The normalized spacial score (nSPS) is 11.3. The number of alkyl halides is 2. The molecule has 0 aliphatic carbocycles. The van der Waals surface area contributed by atoms with Crippen LogP contribution in [0.5, 0.6) is 11.5 Å². The number of rotatable bonds is 11. The minimum atomic E-state index is -3.10. The molecule has 188 valence electrons. The molecule has 0 spiro atoms. The first kappa shape index (κ1) is 25.4. The molecule has 4 rings (SSSR count). The summed E-state index contributed by atoms with van der Waals surface area (Å²) in [6, 6.07) is 12.6. The first-order valence-electron chi connectivity index (χ1n) is 11.8. The van der Waals surface area contributed by atoms with Gasteiger partial charge >= 0.3 is 6.61 Å². The largest absolute Gasteiger partial charge is 0.490 e. The van der Waals surface area contributed by atoms with Gasteiger partial charge in [-0.2, -0.15) is 8.78 Å². The van der Waals surface area contributed by atoms with E-state index in [1.807, 2.05) is 12.1 Å². The molecule has 1 heterocycles. The molecule has 0 fully saturated rings. The molecular weight excluding hydrogens is 472 g/mol. The fourth-order valence-corrected chi connectivity index (χ4v) is 3.92. The lowest BCUT2D eigenvalue weighted by atomic mass is 9.99. The highest BCUT2D eigenvalue weighted by molar-refractivity contribution is 5.87. The van der Waals surface area contributed by atoms with Crippen molar-refractivity contribution in [3.8, 4) is 22.9 Å². The monoisotopic (exact) mass is 498 g/mol. The van der Waals surface area contributed by atoms with Crippen molar-refractivity contribution < 1.29 is 27.0 Å². The Kier molecular flexibility index (Phi) is 8.36. The summed E-state index contributed by atoms with van der Waals surface area (Å²) in [5, 5.41) is 1.16. The summed E-state index contributed by atoms with van der Waals surface area (Å²) in [6.07, 6.45) is 7.15. The van der Waals surface area contributed by atoms with Gasteiger partial charge in [-0.05, 0) is 54.0 Å². The van der Waals surface area contributed by atoms with Crippen LogP contribution in [0.3, 0.4) is 0 Å². The molecule has 0 aliphatic rings. The van der Waals surface area contributed by atoms with Gasteiger partial charge < -0.3 is 9.47 Å². The third-order valence-corrected chi connectivity index (χ3v) is 5.83. The zero-order valence-corrected chi connectivity index (χ0v) is 19.8. The molecule has 4 aromatic rings. The Morgan fingerprint density at radius 2 is 1.69 bits per heavy atom. The lowest BCUT2D eigenvalue weighted by Gasteiger charge is -2.10. The van der Waals surface area contributed by atoms with Crippen LogP contribution in [-0.2, 0) is 12.8 Å². The SMILES string of the molecule is CCCCCOc1cnc(-c2ccc3c(F)c(CCc4ccc(OC(F)F)c(F)c4)ccc3c2)nc1. The highest BCUT2D eigenvalue weighted by Crippen LogP contribution is 2.28. The van der Waals surface area contributed by atoms with E-state index in [4.69, 9.17) is 4.74 Å². The van der Waals surface area contributed by atoms with Crippen LogP contribution in [0, 0.1) is 11.6 Å². The topological polar surface area (TPSA) is 44.2 Å². The number of hydrogen-bond acceptors (Lipinski definition) is 4. The van der Waals surface area contributed by atoms with E-state index in [0.717, 1.165) is 37.0 Å². The summed E-state index contributed by atoms with van der Waals surface area (Å²) in [5.41, 5.74) is 1.79. The number of hydrogen-bond donors (Lipinski definition) is 0. The Morgan fingerprint density at radius 1 is 0.889 bits per heavy atom. The number of ether oxygens (including phenoxy) is 2. The van der Waals surface area contributed by atoms with Crippen molar-refractivity contribution >= 4 is 10.8 Å². The van der Waals surface area contributed by atoms with Gasteiger partial charge in [0.05, 0.1) is 19.0 Å². The van der Waals surface area contributed by atoms with Crippen molar-refractivity contribution in [2.45, 2.75) is 45.6 Å². The molecule has 0 saturated carbocycles. The van der Waals surface area contributed by atoms with Gasteiger partial charge in [0.25, 0.3) is 0 Å². The number of nitrogens with zero attached hydrogens (tertiary/aromatic N) is 2. The predicted molar refractivity (Wildman–Crippen MR) is 130 cm³/mol. The van der Waals surface area contributed by atoms with Crippen molar-refractivity contribution in [1.29, 1.82) is 0 Å². The van der Waals surface area contributed by atoms with E-state index in [1.165, 1.54) is 6.07 Å². The zero-order valence-electron chi connectivity index (χ0n) is 19.8. The molecule has 8 heteroatoms. The van der Waals surface area contributed by atoms with Crippen LogP contribution in [0.15, 0.2) is 60.9 Å². The lowest BCUT2D eigenvalue weighted by molar-refractivity contribution is -0.0522. The Balaban J connectivity index is 1.44. The summed E-state index contributed by atoms with van der Waals surface area (Å²) >= 11 is 0. The summed E-state index contributed by atoms with van der Waals surface area (Å²) in [4.78, 5) is 8.75. The highest BCUT2D eigenvalue weighted by Gasteiger charge is 2.13. The number of benzene rings is 3. The van der Waals surface area contributed by atoms with E-state index in [9.17, 15) is 13.2 Å². The number of aryl methyl sites for hydroxylation is 2. The van der Waals surface area contributed by atoms with Gasteiger partial charge in [0.2, 0.25) is 0 Å². The lowest BCUT2D eigenvalue weighted by Crippen LogP contribution is -2.04. The van der Waals surface area contributed by atoms with E-state index >= 15 is 4.39 Å². The molecule has 0 saturated heterocycles. The molecular formula is C28H26F4N2O2. The second-order valence-electron chi connectivity index (χ2n) is 8.42. The van der Waals surface area contributed by atoms with Crippen LogP contribution in [-0.4, -0.2) is 23.2 Å². The van der Waals surface area contributed by atoms with E-state index in [0.29, 0.717) is 52.9 Å². The number of fused-ring (bicyclic) bond motifs is 1. The molecule has 3 aromatic carbocycles. The zero-order chi connectivity index (χ0) is 25.5. The van der Waals surface area contributed by atoms with Gasteiger partial charge in [0.1, 0.15) is 5.82 Å². The minimum Gasteiger partial charge on any atom is -0.490 e. The van der Waals surface area contributed by atoms with Gasteiger partial charge in [-0.15, -0.1) is 0 Å². The quantitative estimate of drug-likeness (QED) is 0.158. The van der Waals surface area contributed by atoms with Gasteiger partial charge in [-0.25, -0.2) is 18.7 Å². The molecule has 1 aromatic heterocycles. The molecule has 0 unspecified atom stereocenters. The standard InChI is InChI=1S/C28H26F4N2O2/c1-2-3-4-13-35-22-16-33-27(34-17-22)21-10-11-23-20(15-21)9-8-19(26(23)30)7-5-18-6-12-25(24(29)14-18)36-28(31)32/h6,8-12,14-17,28H,2-5,7,13H2,1H3. The smallest absolute Gasteiger partial charge is 0.387 e. The Morgan fingerprint density at radius 3 is 2.42 bits per heavy atom. The molecule has 0 bridgehead atoms. The average Bonchev–Trinajstić information content (AvgIpc) is 2.88. The molecule has 36 heavy (non-hydrogen) atoms. The second-order valence-corrected chi connectivity index (χ2v) is 8.42. The summed E-state index contributed by atoms with van der Waals surface area (Å²) < 4.78 is 63.5. The van der Waals surface area contributed by atoms with Crippen LogP contribution < -0.4 is 9.47 Å². The number of halogens is 4. The first-order chi connectivity index (χ1) is 17.4. The minimum absolute atomic E-state index is 0.320. The maximum atomic E-state index is 15.2. The van der Waals surface area contributed by atoms with Crippen molar-refractivity contribution in [1.82, 2.24) is 9.97 Å². The van der Waals surface area contributed by atoms with E-state index in [1.54, 1.807) is 30.6 Å². The fraction of sp³-hybridized carbons (Fsp3) is 0.286. The maximum Gasteiger partial charge on any atom is 0.387 e. The average molecular weight is 499 g/mol. The van der Waals surface area contributed by atoms with E-state index < -0.39 is 18.2 Å². The van der Waals surface area contributed by atoms with Crippen LogP contribution in [0.2, 0.25) is 0 Å². The third kappa shape index (κ3) is 6.30. The second kappa shape index (κ2) is 11.8. The van der Waals surface area contributed by atoms with Crippen LogP contribution in [0.25, 0.3) is 22.2 Å². The molecule has 0 atom stereocenters. The van der Waals surface area contributed by atoms with Gasteiger partial charge in [-0.1, -0.05) is 50.1 Å². The van der Waals surface area contributed by atoms with Crippen molar-refractivity contribution in [2.24, 2.45) is 0 Å². The summed E-state index contributed by atoms with van der Waals surface area (Å²) in [5.74, 6) is -0.614. The van der Waals surface area contributed by atoms with Gasteiger partial charge in [-0.3, -0.25) is 0 Å². The van der Waals surface area contributed by atoms with E-state index in [-0.39, 0.29) is 5.82 Å². The Hall–Kier alpha value is -3.68. The highest BCUT2D eigenvalue weighted by atomic mass is 19.3. The van der Waals surface area contributed by atoms with E-state index in [2.05, 4.69) is 21.6 Å². The molecule has 0 N–H and O–H groups in total.